The molecule has 0 spiro atoms. The van der Waals surface area contributed by atoms with E-state index in [0.717, 1.165) is 6.42 Å². The second-order valence-electron chi connectivity index (χ2n) is 6.77. The third-order valence-electron chi connectivity index (χ3n) is 4.17. The van der Waals surface area contributed by atoms with Crippen LogP contribution in [0.1, 0.15) is 39.0 Å². The van der Waals surface area contributed by atoms with Crippen molar-refractivity contribution in [3.63, 3.8) is 0 Å². The summed E-state index contributed by atoms with van der Waals surface area (Å²) in [6, 6.07) is -4.35. The molecular formula is C17H32N6O6S. The van der Waals surface area contributed by atoms with E-state index in [1.807, 2.05) is 0 Å². The molecule has 10 N–H and O–H groups in total. The number of carboxylic acid groups (broad SMARTS) is 1. The highest BCUT2D eigenvalue weighted by molar-refractivity contribution is 7.80. The minimum Gasteiger partial charge on any atom is -0.480 e. The standard InChI is InChI=1S/C17H32N6O6S/c1-9(21-15(26)10(19)4-2-3-7-18)14(25)22-11(5-6-13(20)24)16(27)23-12(8-30)17(28)29/h9-12,30H,2-8,18-19H2,1H3,(H2,20,24)(H,21,26)(H,22,25)(H,23,27)(H,28,29). The number of unbranched alkanes of at least 4 members (excludes halogenated alkanes) is 1. The molecule has 4 atom stereocenters. The van der Waals surface area contributed by atoms with Crippen LogP contribution in [-0.2, 0) is 24.0 Å². The van der Waals surface area contributed by atoms with Gasteiger partial charge in [0, 0.05) is 12.2 Å². The number of nitrogens with two attached hydrogens (primary N) is 3. The molecule has 0 saturated carbocycles. The van der Waals surface area contributed by atoms with Crippen LogP contribution in [0, 0.1) is 0 Å². The molecule has 0 aromatic carbocycles. The molecule has 4 amide bonds. The van der Waals surface area contributed by atoms with Crippen molar-refractivity contribution < 1.29 is 29.1 Å². The molecule has 0 fully saturated rings. The number of thiol groups is 1. The lowest BCUT2D eigenvalue weighted by atomic mass is 10.1. The summed E-state index contributed by atoms with van der Waals surface area (Å²) in [7, 11) is 0. The first-order valence-corrected chi connectivity index (χ1v) is 10.1. The average molecular weight is 449 g/mol. The molecule has 172 valence electrons. The van der Waals surface area contributed by atoms with Crippen LogP contribution in [0.15, 0.2) is 0 Å². The SMILES string of the molecule is CC(NC(=O)C(N)CCCCN)C(=O)NC(CCC(N)=O)C(=O)NC(CS)C(=O)O. The van der Waals surface area contributed by atoms with Gasteiger partial charge in [0.1, 0.15) is 18.1 Å². The predicted molar refractivity (Wildman–Crippen MR) is 112 cm³/mol. The third-order valence-corrected chi connectivity index (χ3v) is 4.53. The Morgan fingerprint density at radius 2 is 1.53 bits per heavy atom. The minimum absolute atomic E-state index is 0.148. The first-order chi connectivity index (χ1) is 14.0. The lowest BCUT2D eigenvalue weighted by Crippen LogP contribution is -2.56. The normalized spacial score (nSPS) is 14.7. The van der Waals surface area contributed by atoms with E-state index in [1.165, 1.54) is 6.92 Å². The number of hydrogen-bond acceptors (Lipinski definition) is 8. The van der Waals surface area contributed by atoms with Gasteiger partial charge in [-0.05, 0) is 32.7 Å². The Labute approximate surface area is 180 Å². The van der Waals surface area contributed by atoms with Crippen LogP contribution in [0.25, 0.3) is 0 Å². The Morgan fingerprint density at radius 3 is 2.03 bits per heavy atom. The number of aliphatic carboxylic acids is 1. The van der Waals surface area contributed by atoms with Crippen LogP contribution in [0.4, 0.5) is 0 Å². The number of rotatable bonds is 15. The number of carboxylic acids is 1. The van der Waals surface area contributed by atoms with Gasteiger partial charge in [-0.15, -0.1) is 0 Å². The summed E-state index contributed by atoms with van der Waals surface area (Å²) in [5, 5.41) is 16.1. The fourth-order valence-corrected chi connectivity index (χ4v) is 2.58. The Morgan fingerprint density at radius 1 is 0.933 bits per heavy atom. The second kappa shape index (κ2) is 14.6. The number of carbonyl (C=O) groups excluding carboxylic acids is 4. The lowest BCUT2D eigenvalue weighted by Gasteiger charge is -2.23. The van der Waals surface area contributed by atoms with Gasteiger partial charge in [0.15, 0.2) is 0 Å². The molecule has 0 rings (SSSR count). The average Bonchev–Trinajstić information content (AvgIpc) is 2.68. The Bertz CT molecular complexity index is 620. The summed E-state index contributed by atoms with van der Waals surface area (Å²) in [4.78, 5) is 59.0. The zero-order valence-electron chi connectivity index (χ0n) is 16.9. The van der Waals surface area contributed by atoms with Crippen LogP contribution < -0.4 is 33.2 Å². The summed E-state index contributed by atoms with van der Waals surface area (Å²) in [5.41, 5.74) is 16.2. The Balaban J connectivity index is 4.96. The van der Waals surface area contributed by atoms with E-state index in [-0.39, 0.29) is 18.6 Å². The highest BCUT2D eigenvalue weighted by Gasteiger charge is 2.28. The second-order valence-corrected chi connectivity index (χ2v) is 7.13. The number of hydrogen-bond donors (Lipinski definition) is 8. The number of carbonyl (C=O) groups is 5. The number of amides is 4. The highest BCUT2D eigenvalue weighted by Crippen LogP contribution is 2.02. The monoisotopic (exact) mass is 448 g/mol. The Kier molecular flexibility index (Phi) is 13.4. The maximum Gasteiger partial charge on any atom is 0.327 e. The molecular weight excluding hydrogens is 416 g/mol. The van der Waals surface area contributed by atoms with E-state index >= 15 is 0 Å². The summed E-state index contributed by atoms with van der Waals surface area (Å²) >= 11 is 3.85. The zero-order valence-corrected chi connectivity index (χ0v) is 17.8. The quantitative estimate of drug-likeness (QED) is 0.0963. The van der Waals surface area contributed by atoms with Crippen molar-refractivity contribution >= 4 is 42.2 Å². The van der Waals surface area contributed by atoms with E-state index in [0.29, 0.717) is 19.4 Å². The van der Waals surface area contributed by atoms with Crippen molar-refractivity contribution in [2.75, 3.05) is 12.3 Å². The van der Waals surface area contributed by atoms with E-state index in [2.05, 4.69) is 28.6 Å². The number of primary amides is 1. The van der Waals surface area contributed by atoms with Gasteiger partial charge < -0.3 is 38.3 Å². The smallest absolute Gasteiger partial charge is 0.327 e. The largest absolute Gasteiger partial charge is 0.480 e. The lowest BCUT2D eigenvalue weighted by molar-refractivity contribution is -0.141. The van der Waals surface area contributed by atoms with Crippen LogP contribution >= 0.6 is 12.6 Å². The maximum atomic E-state index is 12.4. The first kappa shape index (κ1) is 27.6. The molecule has 13 heteroatoms. The zero-order chi connectivity index (χ0) is 23.3. The van der Waals surface area contributed by atoms with Crippen molar-refractivity contribution in [2.45, 2.75) is 63.2 Å². The van der Waals surface area contributed by atoms with Gasteiger partial charge in [0.25, 0.3) is 0 Å². The molecule has 4 unspecified atom stereocenters. The summed E-state index contributed by atoms with van der Waals surface area (Å²) < 4.78 is 0. The van der Waals surface area contributed by atoms with Gasteiger partial charge in [0.05, 0.1) is 6.04 Å². The van der Waals surface area contributed by atoms with Crippen molar-refractivity contribution in [3.05, 3.63) is 0 Å². The van der Waals surface area contributed by atoms with Gasteiger partial charge in [-0.1, -0.05) is 6.42 Å². The molecule has 0 aromatic heterocycles. The molecule has 12 nitrogen and oxygen atoms in total. The van der Waals surface area contributed by atoms with Crippen LogP contribution in [0.2, 0.25) is 0 Å². The van der Waals surface area contributed by atoms with Crippen LogP contribution in [0.5, 0.6) is 0 Å². The van der Waals surface area contributed by atoms with Gasteiger partial charge >= 0.3 is 5.97 Å². The summed E-state index contributed by atoms with van der Waals surface area (Å²) in [5.74, 6) is -4.23. The fraction of sp³-hybridized carbons (Fsp3) is 0.706. The molecule has 0 saturated heterocycles. The molecule has 0 aliphatic carbocycles. The van der Waals surface area contributed by atoms with E-state index in [4.69, 9.17) is 22.3 Å². The van der Waals surface area contributed by atoms with Crippen molar-refractivity contribution in [3.8, 4) is 0 Å². The van der Waals surface area contributed by atoms with E-state index in [1.54, 1.807) is 0 Å². The first-order valence-electron chi connectivity index (χ1n) is 9.52. The maximum absolute atomic E-state index is 12.4. The van der Waals surface area contributed by atoms with Gasteiger partial charge in [-0.2, -0.15) is 12.6 Å². The van der Waals surface area contributed by atoms with Gasteiger partial charge in [-0.25, -0.2) is 4.79 Å². The predicted octanol–water partition coefficient (Wildman–Crippen LogP) is -2.80. The molecule has 0 aliphatic heterocycles. The molecule has 0 radical (unpaired) electrons. The topological polar surface area (TPSA) is 220 Å². The van der Waals surface area contributed by atoms with Crippen molar-refractivity contribution in [1.82, 2.24) is 16.0 Å². The van der Waals surface area contributed by atoms with Crippen molar-refractivity contribution in [1.29, 1.82) is 0 Å². The Hall–Kier alpha value is -2.38. The highest BCUT2D eigenvalue weighted by atomic mass is 32.1. The molecule has 0 bridgehead atoms. The van der Waals surface area contributed by atoms with Gasteiger partial charge in [0.2, 0.25) is 23.6 Å². The third kappa shape index (κ3) is 11.0. The van der Waals surface area contributed by atoms with Gasteiger partial charge in [-0.3, -0.25) is 19.2 Å². The van der Waals surface area contributed by atoms with E-state index < -0.39 is 53.8 Å². The van der Waals surface area contributed by atoms with Crippen LogP contribution in [-0.4, -0.2) is 71.2 Å². The van der Waals surface area contributed by atoms with E-state index in [9.17, 15) is 24.0 Å². The molecule has 30 heavy (non-hydrogen) atoms. The fourth-order valence-electron chi connectivity index (χ4n) is 2.34. The molecule has 0 aliphatic rings. The van der Waals surface area contributed by atoms with Crippen molar-refractivity contribution in [2.24, 2.45) is 17.2 Å². The molecule has 0 heterocycles. The molecule has 0 aromatic rings. The minimum atomic E-state index is -1.30. The summed E-state index contributed by atoms with van der Waals surface area (Å²) in [6.45, 7) is 1.88. The number of nitrogens with one attached hydrogen (secondary N) is 3. The summed E-state index contributed by atoms with van der Waals surface area (Å²) in [6.07, 6.45) is 1.42. The van der Waals surface area contributed by atoms with Crippen LogP contribution in [0.3, 0.4) is 0 Å².